The highest BCUT2D eigenvalue weighted by atomic mass is 14.7. The van der Waals surface area contributed by atoms with Crippen LogP contribution in [0.4, 0.5) is 0 Å². The molecule has 0 amide bonds. The average Bonchev–Trinajstić information content (AvgIpc) is 2.47. The topological polar surface area (TPSA) is 38.9 Å². The van der Waals surface area contributed by atoms with Gasteiger partial charge in [0.2, 0.25) is 0 Å². The number of hydrogen-bond donors (Lipinski definition) is 1. The molecular formula is C17H28N2. The summed E-state index contributed by atoms with van der Waals surface area (Å²) in [5.41, 5.74) is 8.71. The first-order valence-corrected chi connectivity index (χ1v) is 7.97. The zero-order valence-corrected chi connectivity index (χ0v) is 12.3. The van der Waals surface area contributed by atoms with Crippen molar-refractivity contribution in [3.63, 3.8) is 0 Å². The lowest BCUT2D eigenvalue weighted by atomic mass is 9.85. The molecule has 1 atom stereocenters. The third-order valence-corrected chi connectivity index (χ3v) is 4.44. The highest BCUT2D eigenvalue weighted by Gasteiger charge is 2.15. The van der Waals surface area contributed by atoms with E-state index in [4.69, 9.17) is 5.73 Å². The lowest BCUT2D eigenvalue weighted by molar-refractivity contribution is 0.322. The van der Waals surface area contributed by atoms with Gasteiger partial charge < -0.3 is 5.73 Å². The summed E-state index contributed by atoms with van der Waals surface area (Å²) < 4.78 is 0. The fourth-order valence-corrected chi connectivity index (χ4v) is 3.08. The van der Waals surface area contributed by atoms with Gasteiger partial charge in [-0.3, -0.25) is 4.98 Å². The highest BCUT2D eigenvalue weighted by Crippen LogP contribution is 2.27. The van der Waals surface area contributed by atoms with E-state index in [1.165, 1.54) is 44.1 Å². The van der Waals surface area contributed by atoms with Gasteiger partial charge in [0.25, 0.3) is 0 Å². The first-order chi connectivity index (χ1) is 9.28. The van der Waals surface area contributed by atoms with E-state index in [2.05, 4.69) is 24.0 Å². The van der Waals surface area contributed by atoms with Gasteiger partial charge in [-0.2, -0.15) is 0 Å². The molecule has 0 bridgehead atoms. The van der Waals surface area contributed by atoms with Crippen LogP contribution in [0, 0.1) is 5.92 Å². The van der Waals surface area contributed by atoms with Crippen molar-refractivity contribution in [3.05, 3.63) is 29.6 Å². The van der Waals surface area contributed by atoms with Crippen LogP contribution in [0.15, 0.2) is 18.3 Å². The van der Waals surface area contributed by atoms with Crippen molar-refractivity contribution in [2.75, 3.05) is 0 Å². The average molecular weight is 260 g/mol. The van der Waals surface area contributed by atoms with Gasteiger partial charge in [-0.15, -0.1) is 0 Å². The number of nitrogens with two attached hydrogens (primary N) is 1. The fourth-order valence-electron chi connectivity index (χ4n) is 3.08. The van der Waals surface area contributed by atoms with Gasteiger partial charge in [0.05, 0.1) is 0 Å². The molecule has 0 saturated heterocycles. The summed E-state index contributed by atoms with van der Waals surface area (Å²) in [5.74, 6) is 0.940. The lowest BCUT2D eigenvalue weighted by Gasteiger charge is -2.22. The molecule has 2 N–H and O–H groups in total. The summed E-state index contributed by atoms with van der Waals surface area (Å²) in [6.07, 6.45) is 13.6. The molecule has 0 radical (unpaired) electrons. The monoisotopic (exact) mass is 260 g/mol. The van der Waals surface area contributed by atoms with E-state index < -0.39 is 0 Å². The molecule has 2 heteroatoms. The van der Waals surface area contributed by atoms with Crippen LogP contribution < -0.4 is 5.73 Å². The maximum Gasteiger partial charge on any atom is 0.0419 e. The molecular weight excluding hydrogens is 232 g/mol. The lowest BCUT2D eigenvalue weighted by Crippen LogP contribution is -2.24. The summed E-state index contributed by atoms with van der Waals surface area (Å²) in [5, 5.41) is 0. The third-order valence-electron chi connectivity index (χ3n) is 4.44. The second kappa shape index (κ2) is 7.64. The van der Waals surface area contributed by atoms with Gasteiger partial charge in [-0.25, -0.2) is 0 Å². The van der Waals surface area contributed by atoms with Gasteiger partial charge in [0.1, 0.15) is 0 Å². The fraction of sp³-hybridized carbons (Fsp3) is 0.706. The van der Waals surface area contributed by atoms with Gasteiger partial charge >= 0.3 is 0 Å². The molecule has 1 aromatic heterocycles. The number of pyridine rings is 1. The summed E-state index contributed by atoms with van der Waals surface area (Å²) in [6.45, 7) is 2.16. The van der Waals surface area contributed by atoms with Crippen LogP contribution in [-0.4, -0.2) is 11.0 Å². The van der Waals surface area contributed by atoms with Crippen molar-refractivity contribution in [1.29, 1.82) is 0 Å². The van der Waals surface area contributed by atoms with Gasteiger partial charge in [-0.1, -0.05) is 45.1 Å². The van der Waals surface area contributed by atoms with Gasteiger partial charge in [0, 0.05) is 24.4 Å². The van der Waals surface area contributed by atoms with E-state index >= 15 is 0 Å². The Bertz CT molecular complexity index is 352. The minimum atomic E-state index is 0.280. The Kier molecular flexibility index (Phi) is 5.84. The molecule has 1 fully saturated rings. The van der Waals surface area contributed by atoms with E-state index in [9.17, 15) is 0 Å². The maximum absolute atomic E-state index is 6.25. The van der Waals surface area contributed by atoms with Crippen molar-refractivity contribution >= 4 is 0 Å². The number of aryl methyl sites for hydroxylation is 1. The second-order valence-electron chi connectivity index (χ2n) is 6.06. The van der Waals surface area contributed by atoms with Crippen LogP contribution in [0.2, 0.25) is 0 Å². The van der Waals surface area contributed by atoms with Gasteiger partial charge in [-0.05, 0) is 36.8 Å². The largest absolute Gasteiger partial charge is 0.327 e. The molecule has 2 rings (SSSR count). The molecule has 1 heterocycles. The smallest absolute Gasteiger partial charge is 0.0419 e. The summed E-state index contributed by atoms with van der Waals surface area (Å²) in [4.78, 5) is 4.50. The minimum Gasteiger partial charge on any atom is -0.327 e. The van der Waals surface area contributed by atoms with Crippen LogP contribution in [0.3, 0.4) is 0 Å². The Morgan fingerprint density at radius 2 is 2.05 bits per heavy atom. The van der Waals surface area contributed by atoms with Crippen LogP contribution >= 0.6 is 0 Å². The molecule has 1 unspecified atom stereocenters. The van der Waals surface area contributed by atoms with E-state index in [1.54, 1.807) is 0 Å². The molecule has 19 heavy (non-hydrogen) atoms. The van der Waals surface area contributed by atoms with Gasteiger partial charge in [0.15, 0.2) is 0 Å². The Morgan fingerprint density at radius 1 is 1.26 bits per heavy atom. The first kappa shape index (κ1) is 14.5. The zero-order valence-electron chi connectivity index (χ0n) is 12.3. The first-order valence-electron chi connectivity index (χ1n) is 7.97. The van der Waals surface area contributed by atoms with Crippen molar-refractivity contribution in [3.8, 4) is 0 Å². The molecule has 0 spiro atoms. The maximum atomic E-state index is 6.25. The van der Waals surface area contributed by atoms with Crippen LogP contribution in [-0.2, 0) is 12.8 Å². The van der Waals surface area contributed by atoms with Crippen molar-refractivity contribution in [1.82, 2.24) is 4.98 Å². The Balaban J connectivity index is 1.71. The predicted octanol–water partition coefficient (Wildman–Crippen LogP) is 3.87. The van der Waals surface area contributed by atoms with Crippen LogP contribution in [0.1, 0.15) is 63.1 Å². The standard InChI is InChI=1S/C17H28N2/c1-2-14-9-11-17(19-13-14)12-16(18)10-8-15-6-4-3-5-7-15/h9,11,13,15-16H,2-8,10,12,18H2,1H3. The molecule has 0 aromatic carbocycles. The summed E-state index contributed by atoms with van der Waals surface area (Å²) >= 11 is 0. The molecule has 1 saturated carbocycles. The van der Waals surface area contributed by atoms with E-state index in [0.29, 0.717) is 0 Å². The third kappa shape index (κ3) is 4.94. The summed E-state index contributed by atoms with van der Waals surface area (Å²) in [6, 6.07) is 4.59. The van der Waals surface area contributed by atoms with E-state index in [1.807, 2.05) is 6.20 Å². The summed E-state index contributed by atoms with van der Waals surface area (Å²) in [7, 11) is 0. The number of hydrogen-bond acceptors (Lipinski definition) is 2. The molecule has 2 nitrogen and oxygen atoms in total. The Morgan fingerprint density at radius 3 is 2.68 bits per heavy atom. The van der Waals surface area contributed by atoms with Crippen LogP contribution in [0.25, 0.3) is 0 Å². The Labute approximate surface area is 117 Å². The highest BCUT2D eigenvalue weighted by molar-refractivity contribution is 5.14. The van der Waals surface area contributed by atoms with Crippen molar-refractivity contribution in [2.24, 2.45) is 11.7 Å². The quantitative estimate of drug-likeness (QED) is 0.843. The number of nitrogens with zero attached hydrogens (tertiary/aromatic N) is 1. The molecule has 106 valence electrons. The molecule has 1 aromatic rings. The number of rotatable bonds is 6. The normalized spacial score (nSPS) is 18.4. The predicted molar refractivity (Wildman–Crippen MR) is 81.1 cm³/mol. The minimum absolute atomic E-state index is 0.280. The van der Waals surface area contributed by atoms with Crippen LogP contribution in [0.5, 0.6) is 0 Å². The van der Waals surface area contributed by atoms with Crippen molar-refractivity contribution < 1.29 is 0 Å². The molecule has 1 aliphatic rings. The SMILES string of the molecule is CCc1ccc(CC(N)CCC2CCCCC2)nc1. The molecule has 1 aliphatic carbocycles. The van der Waals surface area contributed by atoms with E-state index in [0.717, 1.165) is 30.9 Å². The number of aromatic nitrogens is 1. The Hall–Kier alpha value is -0.890. The zero-order chi connectivity index (χ0) is 13.5. The molecule has 0 aliphatic heterocycles. The second-order valence-corrected chi connectivity index (χ2v) is 6.06. The van der Waals surface area contributed by atoms with E-state index in [-0.39, 0.29) is 6.04 Å². The van der Waals surface area contributed by atoms with Crippen molar-refractivity contribution in [2.45, 2.75) is 70.8 Å².